The van der Waals surface area contributed by atoms with Crippen molar-refractivity contribution in [2.45, 2.75) is 5.56 Å². The number of alkyl halides is 1. The molecule has 0 spiro atoms. The van der Waals surface area contributed by atoms with E-state index in [1.807, 2.05) is 0 Å². The fourth-order valence-corrected chi connectivity index (χ4v) is 0. The molecule has 0 saturated carbocycles. The summed E-state index contributed by atoms with van der Waals surface area (Å²) >= 11 is 8.57. The van der Waals surface area contributed by atoms with Gasteiger partial charge in [-0.1, -0.05) is 11.6 Å². The van der Waals surface area contributed by atoms with Gasteiger partial charge < -0.3 is 5.11 Å². The van der Waals surface area contributed by atoms with Gasteiger partial charge in [-0.05, 0) is 0 Å². The Morgan fingerprint density at radius 2 is 2.20 bits per heavy atom. The van der Waals surface area contributed by atoms with Gasteiger partial charge in [0, 0.05) is 5.75 Å². The van der Waals surface area contributed by atoms with Gasteiger partial charge in [-0.3, -0.25) is 0 Å². The largest absolute Gasteiger partial charge is 0.377 e. The number of hydrogen-bond donors (Lipinski definition) is 2. The van der Waals surface area contributed by atoms with Gasteiger partial charge in [0.15, 0.2) is 0 Å². The van der Waals surface area contributed by atoms with Crippen molar-refractivity contribution in [3.05, 3.63) is 0 Å². The molecule has 0 aromatic rings. The van der Waals surface area contributed by atoms with Gasteiger partial charge in [0.25, 0.3) is 0 Å². The normalized spacial score (nSPS) is 15.0. The molecule has 1 unspecified atom stereocenters. The molecule has 0 aliphatic rings. The van der Waals surface area contributed by atoms with Crippen molar-refractivity contribution >= 4 is 24.2 Å². The van der Waals surface area contributed by atoms with Gasteiger partial charge in [0.1, 0.15) is 5.56 Å². The van der Waals surface area contributed by atoms with Crippen molar-refractivity contribution in [1.29, 1.82) is 0 Å². The molecule has 0 aliphatic carbocycles. The van der Waals surface area contributed by atoms with E-state index in [0.717, 1.165) is 0 Å². The number of thiol groups is 1. The molecule has 5 heavy (non-hydrogen) atoms. The molecule has 0 aromatic carbocycles. The van der Waals surface area contributed by atoms with Crippen LogP contribution in [0.15, 0.2) is 0 Å². The third kappa shape index (κ3) is 4.60. The summed E-state index contributed by atoms with van der Waals surface area (Å²) in [5.74, 6) is 0.321. The summed E-state index contributed by atoms with van der Waals surface area (Å²) in [4.78, 5) is 0. The number of halogens is 1. The zero-order valence-electron chi connectivity index (χ0n) is 2.56. The summed E-state index contributed by atoms with van der Waals surface area (Å²) in [6.07, 6.45) is 0. The van der Waals surface area contributed by atoms with Crippen LogP contribution < -0.4 is 0 Å². The van der Waals surface area contributed by atoms with Crippen LogP contribution in [0.5, 0.6) is 0 Å². The average Bonchev–Trinajstić information content (AvgIpc) is 1.38. The van der Waals surface area contributed by atoms with Crippen LogP contribution in [-0.2, 0) is 0 Å². The molecule has 0 bridgehead atoms. The van der Waals surface area contributed by atoms with Gasteiger partial charge in [-0.25, -0.2) is 0 Å². The lowest BCUT2D eigenvalue weighted by molar-refractivity contribution is 0.281. The molecule has 0 radical (unpaired) electrons. The lowest BCUT2D eigenvalue weighted by Gasteiger charge is -1.86. The van der Waals surface area contributed by atoms with Gasteiger partial charge in [-0.2, -0.15) is 12.6 Å². The average molecular weight is 113 g/mol. The van der Waals surface area contributed by atoms with Crippen LogP contribution in [0.2, 0.25) is 0 Å². The third-order valence-electron chi connectivity index (χ3n) is 0.151. The molecule has 0 rings (SSSR count). The Kier molecular flexibility index (Phi) is 3.16. The molecule has 0 aliphatic heterocycles. The molecule has 0 amide bonds. The van der Waals surface area contributed by atoms with Crippen molar-refractivity contribution in [3.63, 3.8) is 0 Å². The fourth-order valence-electron chi connectivity index (χ4n) is 0. The first-order valence-corrected chi connectivity index (χ1v) is 2.27. The first-order valence-electron chi connectivity index (χ1n) is 1.20. The number of aliphatic hydroxyl groups is 1. The van der Waals surface area contributed by atoms with Crippen molar-refractivity contribution in [3.8, 4) is 0 Å². The summed E-state index contributed by atoms with van der Waals surface area (Å²) in [6.45, 7) is 0. The predicted molar refractivity (Wildman–Crippen MR) is 25.7 cm³/mol. The van der Waals surface area contributed by atoms with E-state index < -0.39 is 5.56 Å². The quantitative estimate of drug-likeness (QED) is 0.373. The molecule has 3 heteroatoms. The predicted octanol–water partition coefficient (Wildman–Crippen LogP) is 0.473. The van der Waals surface area contributed by atoms with E-state index in [1.54, 1.807) is 0 Å². The maximum absolute atomic E-state index is 8.05. The fraction of sp³-hybridized carbons (Fsp3) is 1.00. The van der Waals surface area contributed by atoms with Crippen LogP contribution in [0.3, 0.4) is 0 Å². The molecular formula is C2H5ClOS. The zero-order valence-corrected chi connectivity index (χ0v) is 4.21. The van der Waals surface area contributed by atoms with Crippen molar-refractivity contribution < 1.29 is 5.11 Å². The Labute approximate surface area is 41.4 Å². The van der Waals surface area contributed by atoms with Crippen LogP contribution in [0.4, 0.5) is 0 Å². The number of rotatable bonds is 1. The highest BCUT2D eigenvalue weighted by Gasteiger charge is 1.85. The molecule has 32 valence electrons. The maximum atomic E-state index is 8.05. The highest BCUT2D eigenvalue weighted by atomic mass is 35.5. The molecule has 1 N–H and O–H groups in total. The Morgan fingerprint density at radius 3 is 2.20 bits per heavy atom. The molecule has 0 aromatic heterocycles. The van der Waals surface area contributed by atoms with Crippen molar-refractivity contribution in [2.75, 3.05) is 5.75 Å². The third-order valence-corrected chi connectivity index (χ3v) is 0.866. The number of aliphatic hydroxyl groups excluding tert-OH is 1. The Morgan fingerprint density at radius 1 is 2.00 bits per heavy atom. The van der Waals surface area contributed by atoms with Crippen LogP contribution in [0.25, 0.3) is 0 Å². The minimum absolute atomic E-state index is 0.321. The van der Waals surface area contributed by atoms with Crippen LogP contribution in [0, 0.1) is 0 Å². The van der Waals surface area contributed by atoms with E-state index in [4.69, 9.17) is 16.7 Å². The topological polar surface area (TPSA) is 20.2 Å². The maximum Gasteiger partial charge on any atom is 0.136 e. The molecule has 0 heterocycles. The van der Waals surface area contributed by atoms with Crippen molar-refractivity contribution in [1.82, 2.24) is 0 Å². The lowest BCUT2D eigenvalue weighted by Crippen LogP contribution is -1.94. The summed E-state index contributed by atoms with van der Waals surface area (Å²) in [6, 6.07) is 0. The summed E-state index contributed by atoms with van der Waals surface area (Å²) < 4.78 is 0. The standard InChI is InChI=1S/C2H5ClOS/c3-2(4)1-5/h2,4-5H,1H2. The van der Waals surface area contributed by atoms with E-state index in [9.17, 15) is 0 Å². The monoisotopic (exact) mass is 112 g/mol. The first kappa shape index (κ1) is 5.60. The van der Waals surface area contributed by atoms with Crippen LogP contribution in [0.1, 0.15) is 0 Å². The van der Waals surface area contributed by atoms with Gasteiger partial charge in [-0.15, -0.1) is 0 Å². The second-order valence-electron chi connectivity index (χ2n) is 0.617. The smallest absolute Gasteiger partial charge is 0.136 e. The van der Waals surface area contributed by atoms with Crippen LogP contribution in [-0.4, -0.2) is 16.4 Å². The lowest BCUT2D eigenvalue weighted by atomic mass is 10.9. The Bertz CT molecular complexity index is 23.6. The van der Waals surface area contributed by atoms with Crippen molar-refractivity contribution in [2.24, 2.45) is 0 Å². The SMILES string of the molecule is OC(Cl)CS. The molecule has 0 saturated heterocycles. The highest BCUT2D eigenvalue weighted by Crippen LogP contribution is 1.88. The molecule has 1 atom stereocenters. The second-order valence-corrected chi connectivity index (χ2v) is 1.49. The first-order chi connectivity index (χ1) is 2.27. The summed E-state index contributed by atoms with van der Waals surface area (Å²) in [5, 5.41) is 8.05. The highest BCUT2D eigenvalue weighted by molar-refractivity contribution is 7.80. The Balaban J connectivity index is 2.54. The van der Waals surface area contributed by atoms with Gasteiger partial charge >= 0.3 is 0 Å². The van der Waals surface area contributed by atoms with Gasteiger partial charge in [0.2, 0.25) is 0 Å². The molecule has 1 nitrogen and oxygen atoms in total. The molecule has 0 fully saturated rings. The van der Waals surface area contributed by atoms with Crippen LogP contribution >= 0.6 is 24.2 Å². The number of hydrogen-bond acceptors (Lipinski definition) is 2. The van der Waals surface area contributed by atoms with Gasteiger partial charge in [0.05, 0.1) is 0 Å². The zero-order chi connectivity index (χ0) is 4.28. The minimum Gasteiger partial charge on any atom is -0.377 e. The Hall–Kier alpha value is 0.600. The molecular weight excluding hydrogens is 108 g/mol. The summed E-state index contributed by atoms with van der Waals surface area (Å²) in [5.41, 5.74) is -0.779. The minimum atomic E-state index is -0.779. The van der Waals surface area contributed by atoms with E-state index in [1.165, 1.54) is 0 Å². The van der Waals surface area contributed by atoms with E-state index in [-0.39, 0.29) is 0 Å². The van der Waals surface area contributed by atoms with E-state index in [2.05, 4.69) is 12.6 Å². The van der Waals surface area contributed by atoms with E-state index >= 15 is 0 Å². The summed E-state index contributed by atoms with van der Waals surface area (Å²) in [7, 11) is 0. The van der Waals surface area contributed by atoms with E-state index in [0.29, 0.717) is 5.75 Å². The second kappa shape index (κ2) is 2.82.